The Morgan fingerprint density at radius 3 is 2.41 bits per heavy atom. The molecule has 292 valence electrons. The van der Waals surface area contributed by atoms with Crippen LogP contribution in [0.15, 0.2) is 72.8 Å². The molecule has 2 aliphatic rings. The van der Waals surface area contributed by atoms with E-state index < -0.39 is 17.5 Å². The van der Waals surface area contributed by atoms with Crippen LogP contribution in [0.3, 0.4) is 0 Å². The Balaban J connectivity index is 1.08. The molecule has 0 bridgehead atoms. The third kappa shape index (κ3) is 9.18. The first kappa shape index (κ1) is 38.9. The first-order valence-corrected chi connectivity index (χ1v) is 19.9. The van der Waals surface area contributed by atoms with E-state index in [0.29, 0.717) is 48.2 Å². The predicted octanol–water partition coefficient (Wildman–Crippen LogP) is 6.91. The molecule has 13 heteroatoms. The number of amides is 1. The maximum absolute atomic E-state index is 13.9. The number of aromatic nitrogens is 2. The molecule has 0 aliphatic carbocycles. The minimum atomic E-state index is -0.790. The van der Waals surface area contributed by atoms with Crippen LogP contribution in [0.5, 0.6) is 5.75 Å². The summed E-state index contributed by atoms with van der Waals surface area (Å²) in [4.78, 5) is 54.6. The number of para-hydroxylation sites is 1. The van der Waals surface area contributed by atoms with Crippen LogP contribution in [0.2, 0.25) is 0 Å². The van der Waals surface area contributed by atoms with Crippen LogP contribution in [0.1, 0.15) is 64.7 Å². The van der Waals surface area contributed by atoms with Gasteiger partial charge in [0.05, 0.1) is 23.4 Å². The molecule has 1 fully saturated rings. The molecule has 12 nitrogen and oxygen atoms in total. The van der Waals surface area contributed by atoms with Crippen molar-refractivity contribution in [2.45, 2.75) is 52.7 Å². The number of piperazine rings is 1. The number of hydrogen-bond acceptors (Lipinski definition) is 11. The van der Waals surface area contributed by atoms with E-state index in [2.05, 4.69) is 26.2 Å². The van der Waals surface area contributed by atoms with Gasteiger partial charge >= 0.3 is 11.9 Å². The van der Waals surface area contributed by atoms with Crippen LogP contribution >= 0.6 is 11.3 Å². The van der Waals surface area contributed by atoms with E-state index in [9.17, 15) is 14.4 Å². The van der Waals surface area contributed by atoms with Crippen molar-refractivity contribution in [2.24, 2.45) is 0 Å². The van der Waals surface area contributed by atoms with E-state index in [0.717, 1.165) is 77.4 Å². The number of anilines is 2. The van der Waals surface area contributed by atoms with Crippen LogP contribution < -0.4 is 15.0 Å². The number of carbonyl (C=O) groups excluding carboxylic acids is 2. The predicted molar refractivity (Wildman–Crippen MR) is 219 cm³/mol. The molecule has 4 heterocycles. The number of thiazole rings is 1. The van der Waals surface area contributed by atoms with Gasteiger partial charge in [-0.3, -0.25) is 19.8 Å². The van der Waals surface area contributed by atoms with Gasteiger partial charge in [0.25, 0.3) is 5.91 Å². The van der Waals surface area contributed by atoms with Gasteiger partial charge in [-0.05, 0) is 99.2 Å². The number of carboxylic acid groups (broad SMARTS) is 1. The highest BCUT2D eigenvalue weighted by molar-refractivity contribution is 7.22. The third-order valence-electron chi connectivity index (χ3n) is 10.1. The fourth-order valence-corrected chi connectivity index (χ4v) is 8.16. The van der Waals surface area contributed by atoms with E-state index in [1.54, 1.807) is 0 Å². The molecule has 0 unspecified atom stereocenters. The van der Waals surface area contributed by atoms with Gasteiger partial charge < -0.3 is 24.4 Å². The molecule has 56 heavy (non-hydrogen) atoms. The fraction of sp³-hybridized carbons (Fsp3) is 0.372. The van der Waals surface area contributed by atoms with Crippen LogP contribution in [-0.2, 0) is 22.5 Å². The zero-order valence-electron chi connectivity index (χ0n) is 32.3. The molecule has 0 saturated carbocycles. The second kappa shape index (κ2) is 16.8. The van der Waals surface area contributed by atoms with Crippen molar-refractivity contribution in [1.29, 1.82) is 0 Å². The van der Waals surface area contributed by atoms with Gasteiger partial charge in [-0.25, -0.2) is 14.8 Å². The maximum Gasteiger partial charge on any atom is 0.358 e. The molecular formula is C43H48N6O6S. The zero-order chi connectivity index (χ0) is 39.4. The maximum atomic E-state index is 13.9. The number of carboxylic acids is 1. The summed E-state index contributed by atoms with van der Waals surface area (Å²) in [6.45, 7) is 13.3. The highest BCUT2D eigenvalue weighted by atomic mass is 32.1. The number of hydrogen-bond donors (Lipinski definition) is 2. The molecule has 2 aromatic heterocycles. The van der Waals surface area contributed by atoms with Crippen molar-refractivity contribution in [3.8, 4) is 16.9 Å². The van der Waals surface area contributed by atoms with E-state index >= 15 is 0 Å². The van der Waals surface area contributed by atoms with E-state index in [1.807, 2.05) is 99.3 Å². The number of rotatable bonds is 12. The molecule has 1 saturated heterocycles. The van der Waals surface area contributed by atoms with Gasteiger partial charge in [-0.15, -0.1) is 0 Å². The van der Waals surface area contributed by atoms with Gasteiger partial charge in [0, 0.05) is 56.9 Å². The molecule has 0 radical (unpaired) electrons. The first-order valence-electron chi connectivity index (χ1n) is 19.1. The largest absolute Gasteiger partial charge is 0.493 e. The van der Waals surface area contributed by atoms with E-state index in [4.69, 9.17) is 19.6 Å². The number of carbonyl (C=O) groups is 3. The highest BCUT2D eigenvalue weighted by Crippen LogP contribution is 2.35. The second-order valence-corrected chi connectivity index (χ2v) is 16.3. The van der Waals surface area contributed by atoms with Gasteiger partial charge in [-0.1, -0.05) is 47.7 Å². The number of aliphatic carboxylic acids is 1. The Kier molecular flexibility index (Phi) is 11.7. The van der Waals surface area contributed by atoms with E-state index in [-0.39, 0.29) is 18.1 Å². The molecule has 0 atom stereocenters. The van der Waals surface area contributed by atoms with Crippen LogP contribution in [0.4, 0.5) is 10.9 Å². The SMILES string of the molecule is Cc1c(OCCCN2CCN(CC(=O)O)CC2)cccc1-c1ccc(N2CCc3cccc(C(=O)Nc4nc5ccccc5s4)c3C2)nc1C(=O)OC(C)(C)C. The highest BCUT2D eigenvalue weighted by Gasteiger charge is 2.28. The Labute approximate surface area is 331 Å². The smallest absolute Gasteiger partial charge is 0.358 e. The van der Waals surface area contributed by atoms with Gasteiger partial charge in [0.15, 0.2) is 10.8 Å². The molecule has 0 spiro atoms. The summed E-state index contributed by atoms with van der Waals surface area (Å²) in [5.41, 5.74) is 5.31. The van der Waals surface area contributed by atoms with Gasteiger partial charge in [-0.2, -0.15) is 0 Å². The summed E-state index contributed by atoms with van der Waals surface area (Å²) in [5, 5.41) is 12.6. The fourth-order valence-electron chi connectivity index (χ4n) is 7.30. The average Bonchev–Trinajstić information content (AvgIpc) is 3.58. The monoisotopic (exact) mass is 776 g/mol. The van der Waals surface area contributed by atoms with E-state index in [1.165, 1.54) is 11.3 Å². The minimum Gasteiger partial charge on any atom is -0.493 e. The summed E-state index contributed by atoms with van der Waals surface area (Å²) in [5.74, 6) is -0.167. The number of nitrogens with one attached hydrogen (secondary N) is 1. The number of ether oxygens (including phenoxy) is 2. The third-order valence-corrected chi connectivity index (χ3v) is 11.1. The molecule has 7 rings (SSSR count). The lowest BCUT2D eigenvalue weighted by atomic mass is 9.94. The number of nitrogens with zero attached hydrogens (tertiary/aromatic N) is 5. The first-order chi connectivity index (χ1) is 26.9. The number of pyridine rings is 1. The average molecular weight is 777 g/mol. The lowest BCUT2D eigenvalue weighted by molar-refractivity contribution is -0.138. The second-order valence-electron chi connectivity index (χ2n) is 15.3. The Morgan fingerprint density at radius 1 is 0.875 bits per heavy atom. The molecule has 2 N–H and O–H groups in total. The summed E-state index contributed by atoms with van der Waals surface area (Å²) < 4.78 is 13.2. The quantitative estimate of drug-likeness (QED) is 0.101. The van der Waals surface area contributed by atoms with Crippen molar-refractivity contribution in [3.63, 3.8) is 0 Å². The molecule has 3 aromatic carbocycles. The summed E-state index contributed by atoms with van der Waals surface area (Å²) in [6.07, 6.45) is 1.54. The molecule has 2 aliphatic heterocycles. The van der Waals surface area contributed by atoms with Crippen LogP contribution in [0, 0.1) is 6.92 Å². The lowest BCUT2D eigenvalue weighted by Gasteiger charge is -2.33. The number of esters is 1. The Bertz CT molecular complexity index is 2210. The topological polar surface area (TPSA) is 137 Å². The summed E-state index contributed by atoms with van der Waals surface area (Å²) in [6, 6.07) is 23.3. The van der Waals surface area contributed by atoms with Crippen molar-refractivity contribution in [1.82, 2.24) is 19.8 Å². The molecule has 1 amide bonds. The molecule has 5 aromatic rings. The number of benzene rings is 3. The number of fused-ring (bicyclic) bond motifs is 2. The normalized spacial score (nSPS) is 15.0. The van der Waals surface area contributed by atoms with Crippen molar-refractivity contribution in [2.75, 3.05) is 62.6 Å². The van der Waals surface area contributed by atoms with Crippen molar-refractivity contribution >= 4 is 50.3 Å². The summed E-state index contributed by atoms with van der Waals surface area (Å²) >= 11 is 1.44. The Morgan fingerprint density at radius 2 is 1.64 bits per heavy atom. The lowest BCUT2D eigenvalue weighted by Crippen LogP contribution is -2.48. The standard InChI is InChI=1S/C43H48N6O6S/c1-28-30(11-8-14-35(28)54-25-9-19-47-21-23-48(24-22-47)27-38(50)51)31-16-17-37(45-39(31)41(53)55-43(2,3)4)49-20-18-29-10-7-12-32(33(29)26-49)40(52)46-42-44-34-13-5-6-15-36(34)56-42/h5-8,10-17H,9,18-27H2,1-4H3,(H,50,51)(H,44,46,52). The summed E-state index contributed by atoms with van der Waals surface area (Å²) in [7, 11) is 0. The molecular weight excluding hydrogens is 729 g/mol. The van der Waals surface area contributed by atoms with Gasteiger partial charge in [0.1, 0.15) is 17.2 Å². The minimum absolute atomic E-state index is 0.0845. The zero-order valence-corrected chi connectivity index (χ0v) is 33.2. The van der Waals surface area contributed by atoms with Gasteiger partial charge in [0.2, 0.25) is 0 Å². The van der Waals surface area contributed by atoms with Crippen LogP contribution in [-0.4, -0.2) is 101 Å². The van der Waals surface area contributed by atoms with Crippen molar-refractivity contribution < 1.29 is 29.0 Å². The van der Waals surface area contributed by atoms with Crippen molar-refractivity contribution in [3.05, 3.63) is 101 Å². The Hall–Kier alpha value is -5.37. The van der Waals surface area contributed by atoms with Crippen LogP contribution in [0.25, 0.3) is 21.3 Å².